The molecule has 7 aromatic carbocycles. The Labute approximate surface area is 820 Å². The van der Waals surface area contributed by atoms with Crippen LogP contribution in [0, 0.1) is 43.0 Å². The van der Waals surface area contributed by atoms with Crippen LogP contribution in [0.2, 0.25) is 0 Å². The average molecular weight is 2080 g/mol. The van der Waals surface area contributed by atoms with Crippen molar-refractivity contribution in [2.24, 2.45) is 5.92 Å². The SMILES string of the molecule is COc1ccc(C(=O)COP(=O)(COCCn2cnc3c(=O)[nH]c(N)nc32)OCc2cccc(F)c2)cc1C.Cc1ccc(C(=O)COP(=O)(COCCn2cnc3c(=O)[nH]c(N)nc32)OCc2cccc(F)c2)cc1.Nc1nc2c(ncn2CCOCP(=O)(OCC(=O)C2CC2)OCc2cccc(F)c2)c(=O)[nH]1.Nc1nc2c(ncn2CCOCP(=O)(OCC(=O)c2ccccc2)OCc2cccc(F)c2)c(=O)[nH]1. The smallest absolute Gasteiger partial charge is 0.356 e. The monoisotopic (exact) mass is 2080 g/mol. The van der Waals surface area contributed by atoms with Crippen LogP contribution in [0.5, 0.6) is 5.75 Å². The number of hydrogen-bond acceptors (Lipinski definition) is 37. The van der Waals surface area contributed by atoms with Crippen LogP contribution in [0.1, 0.15) is 77.3 Å². The van der Waals surface area contributed by atoms with Gasteiger partial charge in [0, 0.05) is 48.8 Å². The third-order valence-corrected chi connectivity index (χ3v) is 27.1. The second-order valence-electron chi connectivity index (χ2n) is 32.0. The van der Waals surface area contributed by atoms with Gasteiger partial charge in [0.2, 0.25) is 23.8 Å². The van der Waals surface area contributed by atoms with Gasteiger partial charge in [0.25, 0.3) is 22.2 Å². The molecule has 8 heterocycles. The molecular weight excluding hydrogens is 1990 g/mol. The zero-order valence-corrected chi connectivity index (χ0v) is 81.4. The molecule has 0 spiro atoms. The van der Waals surface area contributed by atoms with E-state index in [4.69, 9.17) is 82.8 Å². The summed E-state index contributed by atoms with van der Waals surface area (Å²) in [5.41, 5.74) is 26.8. The first kappa shape index (κ1) is 108. The number of anilines is 4. The Balaban J connectivity index is 0.000000162. The van der Waals surface area contributed by atoms with Gasteiger partial charge in [0.15, 0.2) is 67.8 Å². The van der Waals surface area contributed by atoms with Crippen LogP contribution in [-0.4, -0.2) is 187 Å². The predicted octanol–water partition coefficient (Wildman–Crippen LogP) is 12.2. The van der Waals surface area contributed by atoms with E-state index >= 15 is 0 Å². The number of carbonyl (C=O) groups excluding carboxylic acids is 4. The van der Waals surface area contributed by atoms with Crippen LogP contribution in [-0.2, 0) is 131 Å². The first-order chi connectivity index (χ1) is 69.5. The van der Waals surface area contributed by atoms with Crippen molar-refractivity contribution in [1.82, 2.24) is 78.1 Å². The van der Waals surface area contributed by atoms with Crippen LogP contribution in [0.3, 0.4) is 0 Å². The van der Waals surface area contributed by atoms with Gasteiger partial charge in [-0.15, -0.1) is 0 Å². The number of aryl methyl sites for hydroxylation is 2. The number of carbonyl (C=O) groups is 4. The number of hydrogen-bond donors (Lipinski definition) is 8. The maximum absolute atomic E-state index is 13.6. The van der Waals surface area contributed by atoms with Crippen LogP contribution >= 0.6 is 30.4 Å². The summed E-state index contributed by atoms with van der Waals surface area (Å²) in [5, 5.41) is 0. The van der Waals surface area contributed by atoms with Gasteiger partial charge >= 0.3 is 30.4 Å². The molecule has 1 aliphatic rings. The first-order valence-electron chi connectivity index (χ1n) is 44.1. The van der Waals surface area contributed by atoms with Crippen LogP contribution in [0.15, 0.2) is 214 Å². The summed E-state index contributed by atoms with van der Waals surface area (Å²) >= 11 is 0. The van der Waals surface area contributed by atoms with Gasteiger partial charge in [0.1, 0.15) is 80.8 Å². The minimum Gasteiger partial charge on any atom is -0.496 e. The zero-order valence-electron chi connectivity index (χ0n) is 77.8. The van der Waals surface area contributed by atoms with Crippen molar-refractivity contribution in [3.63, 3.8) is 0 Å². The lowest BCUT2D eigenvalue weighted by Gasteiger charge is -2.19. The highest BCUT2D eigenvalue weighted by molar-refractivity contribution is 7.54. The molecule has 0 aliphatic heterocycles. The van der Waals surface area contributed by atoms with Crippen molar-refractivity contribution in [2.45, 2.75) is 79.3 Å². The number of benzene rings is 7. The summed E-state index contributed by atoms with van der Waals surface area (Å²) in [6, 6.07) is 42.6. The van der Waals surface area contributed by atoms with Crippen LogP contribution in [0.25, 0.3) is 44.7 Å². The number of aromatic nitrogens is 16. The summed E-state index contributed by atoms with van der Waals surface area (Å²) in [4.78, 5) is 139. The largest absolute Gasteiger partial charge is 0.496 e. The number of halogens is 4. The number of nitrogen functional groups attached to an aromatic ring is 4. The molecule has 53 heteroatoms. The number of imidazole rings is 4. The van der Waals surface area contributed by atoms with E-state index in [-0.39, 0.29) is 177 Å². The lowest BCUT2D eigenvalue weighted by molar-refractivity contribution is -0.122. The Hall–Kier alpha value is -14.2. The highest BCUT2D eigenvalue weighted by Gasteiger charge is 2.35. The fourth-order valence-electron chi connectivity index (χ4n) is 13.4. The second kappa shape index (κ2) is 50.8. The molecule has 0 amide bonds. The molecule has 12 N–H and O–H groups in total. The first-order valence-corrected chi connectivity index (χ1v) is 51.0. The summed E-state index contributed by atoms with van der Waals surface area (Å²) in [6.07, 6.45) is 5.41. The number of rotatable bonds is 49. The number of nitrogens with one attached hydrogen (secondary N) is 4. The lowest BCUT2D eigenvalue weighted by atomic mass is 10.1. The molecule has 15 aromatic rings. The van der Waals surface area contributed by atoms with Crippen molar-refractivity contribution in [1.29, 1.82) is 0 Å². The van der Waals surface area contributed by atoms with Gasteiger partial charge in [-0.2, -0.15) is 19.9 Å². The Morgan fingerprint density at radius 2 is 0.655 bits per heavy atom. The molecule has 1 fully saturated rings. The maximum Gasteiger partial charge on any atom is 0.356 e. The van der Waals surface area contributed by atoms with Crippen molar-refractivity contribution < 1.29 is 115 Å². The number of ether oxygens (including phenoxy) is 5. The topological polar surface area (TPSA) is 615 Å². The Morgan fingerprint density at radius 3 is 0.945 bits per heavy atom. The van der Waals surface area contributed by atoms with Crippen molar-refractivity contribution in [2.75, 3.05) is 108 Å². The predicted molar refractivity (Wildman–Crippen MR) is 519 cm³/mol. The van der Waals surface area contributed by atoms with E-state index in [1.165, 1.54) is 105 Å². The number of methoxy groups -OCH3 is 1. The number of Topliss-reactive ketones (excluding diaryl/α,β-unsaturated/α-hetero) is 4. The van der Waals surface area contributed by atoms with E-state index < -0.39 is 127 Å². The van der Waals surface area contributed by atoms with Gasteiger partial charge in [-0.25, -0.2) is 37.5 Å². The molecule has 16 rings (SSSR count). The fourth-order valence-corrected chi connectivity index (χ4v) is 18.3. The van der Waals surface area contributed by atoms with Crippen molar-refractivity contribution >= 4 is 122 Å². The molecule has 1 saturated carbocycles. The van der Waals surface area contributed by atoms with Gasteiger partial charge < -0.3 is 83.0 Å². The fraction of sp³-hybridized carbons (Fsp3) is 0.283. The molecule has 45 nitrogen and oxygen atoms in total. The molecule has 4 atom stereocenters. The minimum absolute atomic E-state index is 0.0160. The summed E-state index contributed by atoms with van der Waals surface area (Å²) in [7, 11) is -14.1. The molecule has 0 radical (unpaired) electrons. The van der Waals surface area contributed by atoms with E-state index in [1.807, 2.05) is 6.92 Å². The summed E-state index contributed by atoms with van der Waals surface area (Å²) < 4.78 is 185. The van der Waals surface area contributed by atoms with Gasteiger partial charge in [-0.3, -0.25) is 94.6 Å². The van der Waals surface area contributed by atoms with E-state index in [2.05, 4.69) is 59.8 Å². The number of fused-ring (bicyclic) bond motifs is 4. The number of aromatic amines is 4. The molecule has 8 aromatic heterocycles. The molecular formula is C92H98F4N20O25P4. The van der Waals surface area contributed by atoms with E-state index in [0.29, 0.717) is 44.7 Å². The second-order valence-corrected chi connectivity index (χ2v) is 40.0. The highest BCUT2D eigenvalue weighted by atomic mass is 31.2. The van der Waals surface area contributed by atoms with Gasteiger partial charge in [-0.05, 0) is 121 Å². The Kier molecular flexibility index (Phi) is 37.9. The minimum atomic E-state index is -3.98. The van der Waals surface area contributed by atoms with Crippen LogP contribution in [0.4, 0.5) is 41.4 Å². The normalized spacial score (nSPS) is 13.6. The number of nitrogens with two attached hydrogens (primary N) is 4. The van der Waals surface area contributed by atoms with Crippen molar-refractivity contribution in [3.05, 3.63) is 310 Å². The molecule has 0 saturated heterocycles. The molecule has 145 heavy (non-hydrogen) atoms. The third-order valence-electron chi connectivity index (χ3n) is 20.9. The highest BCUT2D eigenvalue weighted by Crippen LogP contribution is 2.53. The molecule has 1 aliphatic carbocycles. The Bertz CT molecular complexity index is 7560. The summed E-state index contributed by atoms with van der Waals surface area (Å²) in [5.74, 6) is -2.83. The summed E-state index contributed by atoms with van der Waals surface area (Å²) in [6.45, 7) is 1.98. The van der Waals surface area contributed by atoms with Gasteiger partial charge in [-0.1, -0.05) is 109 Å². The zero-order chi connectivity index (χ0) is 103. The molecule has 4 unspecified atom stereocenters. The Morgan fingerprint density at radius 1 is 0.366 bits per heavy atom. The molecule has 764 valence electrons. The number of H-pyrrole nitrogens is 4. The molecule has 0 bridgehead atoms. The quantitative estimate of drug-likeness (QED) is 0.00760. The lowest BCUT2D eigenvalue weighted by Crippen LogP contribution is -2.14. The number of ketones is 4. The maximum atomic E-state index is 13.6. The van der Waals surface area contributed by atoms with E-state index in [0.717, 1.165) is 24.0 Å². The van der Waals surface area contributed by atoms with E-state index in [1.54, 1.807) is 122 Å². The average Bonchev–Trinajstić information content (AvgIpc) is 1.67. The van der Waals surface area contributed by atoms with Crippen LogP contribution < -0.4 is 49.9 Å². The van der Waals surface area contributed by atoms with E-state index in [9.17, 15) is 74.2 Å². The van der Waals surface area contributed by atoms with Gasteiger partial charge in [0.05, 0.1) is 85.3 Å². The van der Waals surface area contributed by atoms with Crippen molar-refractivity contribution in [3.8, 4) is 5.75 Å². The third kappa shape index (κ3) is 31.9. The number of nitrogens with zero attached hydrogens (tertiary/aromatic N) is 12. The standard InChI is InChI=1S/C25H27FN5O7P.C24H25FN5O6P.C23H23FN5O6P.C20H23FN5O6P/c1-16-10-18(6-7-21(16)35-2)20(32)13-38-39(34,37-12-17-4-3-5-19(26)11-17)15-36-9-8-31-14-28-22-23(31)29-25(27)30-24(22)33;1-16-5-7-18(8-6-16)20(31)13-36-37(33,35-12-17-3-2-4-19(25)11-17)15-34-10-9-30-14-27-21-22(30)28-24(26)29-23(21)32;24-18-8-4-5-16(11-18)12-34-36(32,35-13-19(30)17-6-2-1-3-7-17)15-33-10-9-29-14-26-20-21(29)27-23(25)28-22(20)31;21-15-3-1-2-13(8-15)9-31-33(29,32-10-16(27)14-4-5-14)12-30-7-6-26-11-23-17-18(26)24-20(22)25-19(17)28/h3-7,10-11,14H,8-9,12-13,15H2,1-2H3,(H3,27,29,30,33);2-8,11,14H,9-10,12-13,15H2,1H3,(H3,26,28,29,32);1-8,11,14H,9-10,12-13,15H2,(H3,25,27,28,31);1-3,8,11,14H,4-7,9-10,12H2,(H3,22,24,25,28).